The molecule has 72 valence electrons. The molecule has 1 aromatic heterocycles. The zero-order valence-electron chi connectivity index (χ0n) is 8.00. The van der Waals surface area contributed by atoms with Crippen LogP contribution in [0.4, 0.5) is 0 Å². The molecule has 0 saturated carbocycles. The maximum atomic E-state index is 11.6. The molecule has 0 spiro atoms. The van der Waals surface area contributed by atoms with Gasteiger partial charge in [-0.3, -0.25) is 4.79 Å². The van der Waals surface area contributed by atoms with Crippen molar-refractivity contribution >= 4 is 22.7 Å². The van der Waals surface area contributed by atoms with Crippen LogP contribution in [0.2, 0.25) is 0 Å². The van der Waals surface area contributed by atoms with Gasteiger partial charge in [-0.2, -0.15) is 10.5 Å². The first kappa shape index (κ1) is 9.64. The normalized spacial score (nSPS) is 13.3. The van der Waals surface area contributed by atoms with Crippen LogP contribution in [0.1, 0.15) is 26.5 Å². The Morgan fingerprint density at radius 3 is 2.73 bits per heavy atom. The molecule has 15 heavy (non-hydrogen) atoms. The van der Waals surface area contributed by atoms with Gasteiger partial charge in [0, 0.05) is 27.3 Å². The van der Waals surface area contributed by atoms with Crippen molar-refractivity contribution in [3.63, 3.8) is 0 Å². The summed E-state index contributed by atoms with van der Waals surface area (Å²) in [4.78, 5) is 13.4. The number of carbonyl (C=O) groups is 1. The van der Waals surface area contributed by atoms with Crippen molar-refractivity contribution in [1.29, 1.82) is 10.5 Å². The zero-order valence-corrected chi connectivity index (χ0v) is 8.81. The fraction of sp³-hybridized carbons (Fsp3) is 0.182. The molecule has 1 aromatic rings. The number of hydrogen-bond donors (Lipinski definition) is 0. The predicted octanol–water partition coefficient (Wildman–Crippen LogP) is 2.44. The lowest BCUT2D eigenvalue weighted by Gasteiger charge is -1.93. The Morgan fingerprint density at radius 1 is 1.47 bits per heavy atom. The number of ketones is 1. The van der Waals surface area contributed by atoms with E-state index in [1.807, 2.05) is 25.1 Å². The molecule has 0 aromatic carbocycles. The lowest BCUT2D eigenvalue weighted by Crippen LogP contribution is -1.88. The van der Waals surface area contributed by atoms with E-state index in [1.165, 1.54) is 11.3 Å². The third kappa shape index (κ3) is 1.36. The van der Waals surface area contributed by atoms with Gasteiger partial charge in [-0.15, -0.1) is 11.3 Å². The number of nitrogens with zero attached hydrogens (tertiary/aromatic N) is 2. The minimum atomic E-state index is 0.00681. The lowest BCUT2D eigenvalue weighted by atomic mass is 10.1. The number of allylic oxidation sites excluding steroid dienone is 2. The predicted molar refractivity (Wildman–Crippen MR) is 56.1 cm³/mol. The molecule has 2 rings (SSSR count). The average molecular weight is 214 g/mol. The average Bonchev–Trinajstić information content (AvgIpc) is 2.70. The molecular weight excluding hydrogens is 208 g/mol. The van der Waals surface area contributed by atoms with E-state index in [0.29, 0.717) is 11.1 Å². The van der Waals surface area contributed by atoms with Gasteiger partial charge >= 0.3 is 0 Å². The van der Waals surface area contributed by atoms with E-state index in [9.17, 15) is 4.79 Å². The van der Waals surface area contributed by atoms with Crippen LogP contribution < -0.4 is 0 Å². The van der Waals surface area contributed by atoms with Crippen LogP contribution in [-0.4, -0.2) is 5.78 Å². The van der Waals surface area contributed by atoms with E-state index >= 15 is 0 Å². The van der Waals surface area contributed by atoms with Crippen LogP contribution in [0, 0.1) is 29.6 Å². The summed E-state index contributed by atoms with van der Waals surface area (Å²) >= 11 is 1.47. The summed E-state index contributed by atoms with van der Waals surface area (Å²) < 4.78 is 0. The Bertz CT molecular complexity index is 550. The van der Waals surface area contributed by atoms with Gasteiger partial charge in [-0.05, 0) is 13.0 Å². The Balaban J connectivity index is 2.70. The number of fused-ring (bicyclic) bond motifs is 1. The van der Waals surface area contributed by atoms with E-state index in [-0.39, 0.29) is 17.8 Å². The monoisotopic (exact) mass is 214 g/mol. The number of aryl methyl sites for hydroxylation is 1. The van der Waals surface area contributed by atoms with Crippen molar-refractivity contribution in [3.05, 3.63) is 27.0 Å². The molecule has 1 aliphatic rings. The smallest absolute Gasteiger partial charge is 0.168 e. The second-order valence-corrected chi connectivity index (χ2v) is 4.53. The largest absolute Gasteiger partial charge is 0.294 e. The fourth-order valence-corrected chi connectivity index (χ4v) is 2.72. The number of thiophene rings is 1. The summed E-state index contributed by atoms with van der Waals surface area (Å²) in [6.45, 7) is 1.91. The Morgan fingerprint density at radius 2 is 2.13 bits per heavy atom. The highest BCUT2D eigenvalue weighted by atomic mass is 32.1. The summed E-state index contributed by atoms with van der Waals surface area (Å²) in [6, 6.07) is 5.50. The second kappa shape index (κ2) is 3.34. The van der Waals surface area contributed by atoms with Crippen molar-refractivity contribution in [1.82, 2.24) is 0 Å². The lowest BCUT2D eigenvalue weighted by molar-refractivity contribution is 0.100. The first-order valence-electron chi connectivity index (χ1n) is 4.34. The Labute approximate surface area is 90.9 Å². The number of Topliss-reactive ketones (excluding diaryl/α,β-unsaturated/α-hetero) is 1. The molecule has 1 heterocycles. The summed E-state index contributed by atoms with van der Waals surface area (Å²) in [6.07, 6.45) is 0.192. The third-order valence-corrected chi connectivity index (χ3v) is 3.40. The van der Waals surface area contributed by atoms with E-state index in [1.54, 1.807) is 0 Å². The minimum absolute atomic E-state index is 0.00681. The number of hydrogen-bond acceptors (Lipinski definition) is 4. The molecule has 0 radical (unpaired) electrons. The van der Waals surface area contributed by atoms with Gasteiger partial charge in [0.1, 0.15) is 17.7 Å². The number of nitriles is 2. The van der Waals surface area contributed by atoms with E-state index < -0.39 is 0 Å². The van der Waals surface area contributed by atoms with Gasteiger partial charge in [0.05, 0.1) is 0 Å². The summed E-state index contributed by atoms with van der Waals surface area (Å²) in [5, 5.41) is 17.5. The Kier molecular flexibility index (Phi) is 2.15. The summed E-state index contributed by atoms with van der Waals surface area (Å²) in [5.41, 5.74) is 1.32. The summed E-state index contributed by atoms with van der Waals surface area (Å²) in [5.74, 6) is 0.00681. The standard InChI is InChI=1S/C11H6N2OS/c1-6-2-9-10(14)3-8(11(9)15-6)7(4-12)5-13/h2H,3H2,1H3. The fourth-order valence-electron chi connectivity index (χ4n) is 1.64. The van der Waals surface area contributed by atoms with E-state index in [4.69, 9.17) is 10.5 Å². The maximum Gasteiger partial charge on any atom is 0.168 e. The van der Waals surface area contributed by atoms with Gasteiger partial charge in [-0.25, -0.2) is 0 Å². The number of rotatable bonds is 0. The van der Waals surface area contributed by atoms with Crippen molar-refractivity contribution in [3.8, 4) is 12.1 Å². The maximum absolute atomic E-state index is 11.6. The molecule has 4 heteroatoms. The zero-order chi connectivity index (χ0) is 11.0. The van der Waals surface area contributed by atoms with E-state index in [2.05, 4.69) is 0 Å². The number of carbonyl (C=O) groups excluding carboxylic acids is 1. The van der Waals surface area contributed by atoms with Crippen LogP contribution in [0.25, 0.3) is 5.57 Å². The highest BCUT2D eigenvalue weighted by Crippen LogP contribution is 2.39. The quantitative estimate of drug-likeness (QED) is 0.623. The molecule has 0 unspecified atom stereocenters. The van der Waals surface area contributed by atoms with Crippen LogP contribution in [0.15, 0.2) is 11.6 Å². The van der Waals surface area contributed by atoms with Gasteiger partial charge in [0.2, 0.25) is 0 Å². The molecule has 0 aliphatic heterocycles. The molecule has 0 saturated heterocycles. The molecule has 0 amide bonds. The highest BCUT2D eigenvalue weighted by molar-refractivity contribution is 7.13. The van der Waals surface area contributed by atoms with Crippen LogP contribution in [0.5, 0.6) is 0 Å². The van der Waals surface area contributed by atoms with E-state index in [0.717, 1.165) is 9.75 Å². The highest BCUT2D eigenvalue weighted by Gasteiger charge is 2.29. The van der Waals surface area contributed by atoms with Gasteiger partial charge in [0.15, 0.2) is 5.78 Å². The van der Waals surface area contributed by atoms with Crippen molar-refractivity contribution in [2.24, 2.45) is 0 Å². The molecule has 3 nitrogen and oxygen atoms in total. The van der Waals surface area contributed by atoms with Crippen molar-refractivity contribution < 1.29 is 4.79 Å². The van der Waals surface area contributed by atoms with Gasteiger partial charge in [0.25, 0.3) is 0 Å². The molecular formula is C11H6N2OS. The van der Waals surface area contributed by atoms with Crippen molar-refractivity contribution in [2.75, 3.05) is 0 Å². The molecule has 0 fully saturated rings. The SMILES string of the molecule is Cc1cc2c(s1)C(=C(C#N)C#N)CC2=O. The van der Waals surface area contributed by atoms with Crippen LogP contribution in [0.3, 0.4) is 0 Å². The van der Waals surface area contributed by atoms with Crippen LogP contribution >= 0.6 is 11.3 Å². The van der Waals surface area contributed by atoms with Crippen LogP contribution in [-0.2, 0) is 0 Å². The van der Waals surface area contributed by atoms with Gasteiger partial charge < -0.3 is 0 Å². The summed E-state index contributed by atoms with van der Waals surface area (Å²) in [7, 11) is 0. The molecule has 0 N–H and O–H groups in total. The first-order valence-corrected chi connectivity index (χ1v) is 5.16. The molecule has 1 aliphatic carbocycles. The molecule has 0 atom stereocenters. The second-order valence-electron chi connectivity index (χ2n) is 3.28. The Hall–Kier alpha value is -1.91. The topological polar surface area (TPSA) is 64.7 Å². The third-order valence-electron chi connectivity index (χ3n) is 2.29. The van der Waals surface area contributed by atoms with Gasteiger partial charge in [-0.1, -0.05) is 0 Å². The van der Waals surface area contributed by atoms with Crippen molar-refractivity contribution in [2.45, 2.75) is 13.3 Å². The minimum Gasteiger partial charge on any atom is -0.294 e. The molecule has 0 bridgehead atoms. The first-order chi connectivity index (χ1) is 7.17.